The van der Waals surface area contributed by atoms with E-state index >= 15 is 0 Å². The second-order valence-corrected chi connectivity index (χ2v) is 6.88. The molecule has 5 nitrogen and oxygen atoms in total. The number of carbonyl (C=O) groups is 1. The van der Waals surface area contributed by atoms with Crippen LogP contribution in [0.2, 0.25) is 0 Å². The van der Waals surface area contributed by atoms with E-state index in [1.165, 1.54) is 0 Å². The Morgan fingerprint density at radius 1 is 1.04 bits per heavy atom. The molecule has 1 heterocycles. The van der Waals surface area contributed by atoms with E-state index in [-0.39, 0.29) is 10.9 Å². The third-order valence-corrected chi connectivity index (χ3v) is 5.07. The van der Waals surface area contributed by atoms with Gasteiger partial charge in [0.25, 0.3) is 5.91 Å². The van der Waals surface area contributed by atoms with Gasteiger partial charge in [-0.15, -0.1) is 0 Å². The molecule has 1 unspecified atom stereocenters. The van der Waals surface area contributed by atoms with Gasteiger partial charge >= 0.3 is 0 Å². The van der Waals surface area contributed by atoms with Crippen molar-refractivity contribution in [3.05, 3.63) is 84.1 Å². The summed E-state index contributed by atoms with van der Waals surface area (Å²) in [4.78, 5) is 16.8. The van der Waals surface area contributed by atoms with Crippen molar-refractivity contribution >= 4 is 22.4 Å². The first-order valence-electron chi connectivity index (χ1n) is 8.00. The zero-order chi connectivity index (χ0) is 18.4. The largest absolute Gasteiger partial charge is 0.497 e. The number of anilines is 1. The molecule has 1 aromatic heterocycles. The molecule has 0 aliphatic carbocycles. The molecule has 132 valence electrons. The van der Waals surface area contributed by atoms with Gasteiger partial charge in [0.2, 0.25) is 0 Å². The van der Waals surface area contributed by atoms with Crippen molar-refractivity contribution in [2.45, 2.75) is 10.8 Å². The summed E-state index contributed by atoms with van der Waals surface area (Å²) in [6.45, 7) is 0. The molecule has 1 amide bonds. The lowest BCUT2D eigenvalue weighted by atomic mass is 10.2. The Morgan fingerprint density at radius 3 is 2.46 bits per heavy atom. The molecule has 0 saturated carbocycles. The van der Waals surface area contributed by atoms with Crippen LogP contribution in [0.4, 0.5) is 5.69 Å². The molecule has 0 bridgehead atoms. The maximum Gasteiger partial charge on any atom is 0.258 e. The van der Waals surface area contributed by atoms with Crippen LogP contribution in [-0.2, 0) is 16.6 Å². The summed E-state index contributed by atoms with van der Waals surface area (Å²) in [7, 11) is 0.159. The standard InChI is InChI=1S/C20H18N2O3S/c1-25-17-11-9-16(10-12-17)22-19(23)18-8-5-13-21-20(18)26(24)14-15-6-3-2-4-7-15/h2-13H,14H2,1H3,(H,22,23). The fraction of sp³-hybridized carbons (Fsp3) is 0.100. The molecule has 1 atom stereocenters. The summed E-state index contributed by atoms with van der Waals surface area (Å²) >= 11 is 0. The van der Waals surface area contributed by atoms with Gasteiger partial charge in [0.15, 0.2) is 0 Å². The van der Waals surface area contributed by atoms with E-state index in [1.807, 2.05) is 30.3 Å². The normalized spacial score (nSPS) is 11.6. The number of carbonyl (C=O) groups excluding carboxylic acids is 1. The molecule has 0 saturated heterocycles. The summed E-state index contributed by atoms with van der Waals surface area (Å²) in [6, 6.07) is 19.8. The number of nitrogens with zero attached hydrogens (tertiary/aromatic N) is 1. The van der Waals surface area contributed by atoms with Crippen LogP contribution in [0.15, 0.2) is 78.0 Å². The highest BCUT2D eigenvalue weighted by Crippen LogP contribution is 2.19. The van der Waals surface area contributed by atoms with Crippen LogP contribution in [0.25, 0.3) is 0 Å². The average molecular weight is 366 g/mol. The Hall–Kier alpha value is -2.99. The Bertz CT molecular complexity index is 912. The second kappa shape index (κ2) is 8.40. The van der Waals surface area contributed by atoms with Crippen molar-refractivity contribution in [2.75, 3.05) is 12.4 Å². The minimum Gasteiger partial charge on any atom is -0.497 e. The lowest BCUT2D eigenvalue weighted by molar-refractivity contribution is 0.102. The number of hydrogen-bond acceptors (Lipinski definition) is 4. The predicted octanol–water partition coefficient (Wildman–Crippen LogP) is 3.65. The third-order valence-electron chi connectivity index (χ3n) is 3.72. The molecule has 3 rings (SSSR count). The first-order chi connectivity index (χ1) is 12.7. The van der Waals surface area contributed by atoms with Crippen molar-refractivity contribution in [3.63, 3.8) is 0 Å². The highest BCUT2D eigenvalue weighted by atomic mass is 32.2. The molecule has 0 spiro atoms. The SMILES string of the molecule is COc1ccc(NC(=O)c2cccnc2S(=O)Cc2ccccc2)cc1. The summed E-state index contributed by atoms with van der Waals surface area (Å²) < 4.78 is 17.8. The van der Waals surface area contributed by atoms with Gasteiger partial charge in [-0.2, -0.15) is 0 Å². The summed E-state index contributed by atoms with van der Waals surface area (Å²) in [5.41, 5.74) is 1.86. The minimum absolute atomic E-state index is 0.280. The number of amides is 1. The first-order valence-corrected chi connectivity index (χ1v) is 9.32. The van der Waals surface area contributed by atoms with Crippen molar-refractivity contribution in [3.8, 4) is 5.75 Å². The lowest BCUT2D eigenvalue weighted by Gasteiger charge is -2.10. The van der Waals surface area contributed by atoms with Crippen LogP contribution in [0, 0.1) is 0 Å². The zero-order valence-electron chi connectivity index (χ0n) is 14.2. The van der Waals surface area contributed by atoms with E-state index in [4.69, 9.17) is 4.74 Å². The van der Waals surface area contributed by atoms with Crippen LogP contribution in [-0.4, -0.2) is 22.2 Å². The molecule has 0 aliphatic rings. The van der Waals surface area contributed by atoms with Gasteiger partial charge in [-0.3, -0.25) is 9.00 Å². The van der Waals surface area contributed by atoms with Crippen molar-refractivity contribution in [2.24, 2.45) is 0 Å². The van der Waals surface area contributed by atoms with Gasteiger partial charge in [-0.25, -0.2) is 4.98 Å². The molecule has 3 aromatic rings. The number of ether oxygens (including phenoxy) is 1. The van der Waals surface area contributed by atoms with Crippen LogP contribution in [0.1, 0.15) is 15.9 Å². The van der Waals surface area contributed by atoms with Gasteiger partial charge in [-0.05, 0) is 42.0 Å². The maximum atomic E-state index is 12.7. The Labute approximate surface area is 154 Å². The summed E-state index contributed by atoms with van der Waals surface area (Å²) in [5.74, 6) is 0.662. The number of benzene rings is 2. The number of pyridine rings is 1. The van der Waals surface area contributed by atoms with Gasteiger partial charge < -0.3 is 10.1 Å². The summed E-state index contributed by atoms with van der Waals surface area (Å²) in [5, 5.41) is 3.08. The highest BCUT2D eigenvalue weighted by molar-refractivity contribution is 7.84. The molecule has 0 aliphatic heterocycles. The summed E-state index contributed by atoms with van der Waals surface area (Å²) in [6.07, 6.45) is 1.54. The van der Waals surface area contributed by atoms with Gasteiger partial charge in [0, 0.05) is 11.9 Å². The van der Waals surface area contributed by atoms with Gasteiger partial charge in [0.05, 0.1) is 29.2 Å². The number of rotatable bonds is 6. The van der Waals surface area contributed by atoms with Crippen LogP contribution >= 0.6 is 0 Å². The van der Waals surface area contributed by atoms with Crippen molar-refractivity contribution in [1.82, 2.24) is 4.98 Å². The Kier molecular flexibility index (Phi) is 5.76. The Balaban J connectivity index is 1.79. The molecule has 26 heavy (non-hydrogen) atoms. The monoisotopic (exact) mass is 366 g/mol. The van der Waals surface area contributed by atoms with Gasteiger partial charge in [-0.1, -0.05) is 30.3 Å². The van der Waals surface area contributed by atoms with E-state index in [1.54, 1.807) is 49.7 Å². The van der Waals surface area contributed by atoms with Crippen LogP contribution in [0.3, 0.4) is 0 Å². The predicted molar refractivity (Wildman–Crippen MR) is 102 cm³/mol. The molecule has 1 N–H and O–H groups in total. The van der Waals surface area contributed by atoms with Crippen LogP contribution < -0.4 is 10.1 Å². The van der Waals surface area contributed by atoms with Crippen molar-refractivity contribution < 1.29 is 13.7 Å². The van der Waals surface area contributed by atoms with E-state index in [0.717, 1.165) is 5.56 Å². The van der Waals surface area contributed by atoms with E-state index in [2.05, 4.69) is 10.3 Å². The number of methoxy groups -OCH3 is 1. The van der Waals surface area contributed by atoms with Gasteiger partial charge in [0.1, 0.15) is 10.8 Å². The molecule has 0 fully saturated rings. The maximum absolute atomic E-state index is 12.7. The molecular weight excluding hydrogens is 348 g/mol. The fourth-order valence-corrected chi connectivity index (χ4v) is 3.63. The lowest BCUT2D eigenvalue weighted by Crippen LogP contribution is -2.16. The smallest absolute Gasteiger partial charge is 0.258 e. The first kappa shape index (κ1) is 17.8. The quantitative estimate of drug-likeness (QED) is 0.723. The molecule has 2 aromatic carbocycles. The number of nitrogens with one attached hydrogen (secondary N) is 1. The topological polar surface area (TPSA) is 68.3 Å². The molecule has 6 heteroatoms. The van der Waals surface area contributed by atoms with E-state index in [9.17, 15) is 9.00 Å². The zero-order valence-corrected chi connectivity index (χ0v) is 15.0. The van der Waals surface area contributed by atoms with E-state index in [0.29, 0.717) is 22.8 Å². The second-order valence-electron chi connectivity index (χ2n) is 5.51. The number of hydrogen-bond donors (Lipinski definition) is 1. The van der Waals surface area contributed by atoms with Crippen LogP contribution in [0.5, 0.6) is 5.75 Å². The highest BCUT2D eigenvalue weighted by Gasteiger charge is 2.17. The molecular formula is C20H18N2O3S. The Morgan fingerprint density at radius 2 is 1.77 bits per heavy atom. The molecule has 0 radical (unpaired) electrons. The third kappa shape index (κ3) is 4.34. The minimum atomic E-state index is -1.42. The van der Waals surface area contributed by atoms with Crippen molar-refractivity contribution in [1.29, 1.82) is 0 Å². The average Bonchev–Trinajstić information content (AvgIpc) is 2.69. The number of aromatic nitrogens is 1. The fourth-order valence-electron chi connectivity index (χ4n) is 2.41. The van der Waals surface area contributed by atoms with E-state index < -0.39 is 10.8 Å².